The van der Waals surface area contributed by atoms with Gasteiger partial charge in [-0.05, 0) is 24.2 Å². The summed E-state index contributed by atoms with van der Waals surface area (Å²) in [6.45, 7) is 4.14. The molecule has 1 aliphatic carbocycles. The maximum Gasteiger partial charge on any atom is 0.219 e. The van der Waals surface area contributed by atoms with E-state index in [-0.39, 0.29) is 17.0 Å². The summed E-state index contributed by atoms with van der Waals surface area (Å²) >= 11 is 2.88. The molecule has 0 spiro atoms. The summed E-state index contributed by atoms with van der Waals surface area (Å²) in [7, 11) is 1.58. The molecule has 1 aromatic carbocycles. The SMILES string of the molecule is COc1ccccc1C1C(C#N)=C(N)N(c2nnc(SC)s2)C2=C1C(=O)CC(C)(C)C2. The zero-order valence-electron chi connectivity index (χ0n) is 17.8. The highest BCUT2D eigenvalue weighted by molar-refractivity contribution is 8.00. The second kappa shape index (κ2) is 8.02. The van der Waals surface area contributed by atoms with Crippen LogP contribution in [0.25, 0.3) is 0 Å². The van der Waals surface area contributed by atoms with Crippen molar-refractivity contribution in [2.45, 2.75) is 36.9 Å². The number of methoxy groups -OCH3 is 1. The fraction of sp³-hybridized carbons (Fsp3) is 0.364. The van der Waals surface area contributed by atoms with Crippen molar-refractivity contribution in [1.82, 2.24) is 10.2 Å². The van der Waals surface area contributed by atoms with Gasteiger partial charge in [-0.2, -0.15) is 5.26 Å². The number of rotatable bonds is 4. The molecule has 1 atom stereocenters. The Balaban J connectivity index is 2.00. The average molecular weight is 454 g/mol. The normalized spacial score (nSPS) is 20.5. The topological polar surface area (TPSA) is 105 Å². The van der Waals surface area contributed by atoms with Crippen molar-refractivity contribution in [1.29, 1.82) is 5.26 Å². The van der Waals surface area contributed by atoms with Gasteiger partial charge in [0.05, 0.1) is 24.7 Å². The number of thioether (sulfide) groups is 1. The number of allylic oxidation sites excluding steroid dienone is 3. The van der Waals surface area contributed by atoms with Crippen molar-refractivity contribution in [3.05, 3.63) is 52.5 Å². The number of nitrogens with zero attached hydrogens (tertiary/aromatic N) is 4. The predicted molar refractivity (Wildman–Crippen MR) is 122 cm³/mol. The van der Waals surface area contributed by atoms with Crippen molar-refractivity contribution in [3.8, 4) is 11.8 Å². The van der Waals surface area contributed by atoms with Crippen LogP contribution in [-0.2, 0) is 4.79 Å². The first-order valence-electron chi connectivity index (χ1n) is 9.78. The van der Waals surface area contributed by atoms with Crippen LogP contribution in [0.5, 0.6) is 5.75 Å². The molecule has 2 aliphatic rings. The number of nitriles is 1. The monoisotopic (exact) mass is 453 g/mol. The lowest BCUT2D eigenvalue weighted by Crippen LogP contribution is -2.42. The Morgan fingerprint density at radius 3 is 2.71 bits per heavy atom. The van der Waals surface area contributed by atoms with Gasteiger partial charge in [-0.1, -0.05) is 55.1 Å². The third-order valence-electron chi connectivity index (χ3n) is 5.59. The van der Waals surface area contributed by atoms with Crippen LogP contribution in [0.1, 0.15) is 38.2 Å². The minimum atomic E-state index is -0.580. The number of hydrogen-bond donors (Lipinski definition) is 1. The van der Waals surface area contributed by atoms with Gasteiger partial charge in [0.1, 0.15) is 11.6 Å². The number of ether oxygens (including phenoxy) is 1. The number of para-hydroxylation sites is 1. The van der Waals surface area contributed by atoms with E-state index in [9.17, 15) is 10.1 Å². The number of aromatic nitrogens is 2. The van der Waals surface area contributed by atoms with E-state index in [0.717, 1.165) is 15.6 Å². The van der Waals surface area contributed by atoms with E-state index in [2.05, 4.69) is 30.1 Å². The summed E-state index contributed by atoms with van der Waals surface area (Å²) in [5.41, 5.74) is 8.82. The van der Waals surface area contributed by atoms with Crippen molar-refractivity contribution >= 4 is 34.0 Å². The molecule has 1 aliphatic heterocycles. The molecule has 0 bridgehead atoms. The molecule has 0 saturated heterocycles. The van der Waals surface area contributed by atoms with Gasteiger partial charge in [0.2, 0.25) is 5.13 Å². The summed E-state index contributed by atoms with van der Waals surface area (Å²) in [4.78, 5) is 15.3. The highest BCUT2D eigenvalue weighted by atomic mass is 32.2. The second-order valence-corrected chi connectivity index (χ2v) is 10.3. The number of Topliss-reactive ketones (excluding diaryl/α,β-unsaturated/α-hetero) is 1. The van der Waals surface area contributed by atoms with Gasteiger partial charge in [-0.25, -0.2) is 0 Å². The summed E-state index contributed by atoms with van der Waals surface area (Å²) in [5.74, 6) is 0.337. The number of hydrogen-bond acceptors (Lipinski definition) is 9. The number of anilines is 1. The summed E-state index contributed by atoms with van der Waals surface area (Å²) in [5, 5.41) is 19.2. The molecule has 1 unspecified atom stereocenters. The number of nitrogens with two attached hydrogens (primary N) is 1. The van der Waals surface area contributed by atoms with Gasteiger partial charge in [0.25, 0.3) is 0 Å². The first-order valence-corrected chi connectivity index (χ1v) is 11.8. The molecule has 7 nitrogen and oxygen atoms in total. The minimum Gasteiger partial charge on any atom is -0.496 e. The van der Waals surface area contributed by atoms with Crippen LogP contribution >= 0.6 is 23.1 Å². The number of ketones is 1. The van der Waals surface area contributed by atoms with Crippen LogP contribution < -0.4 is 15.4 Å². The van der Waals surface area contributed by atoms with Gasteiger partial charge in [-0.15, -0.1) is 10.2 Å². The molecule has 9 heteroatoms. The number of benzene rings is 1. The number of carbonyl (C=O) groups excluding carboxylic acids is 1. The Bertz CT molecular complexity index is 1160. The van der Waals surface area contributed by atoms with Gasteiger partial charge >= 0.3 is 0 Å². The van der Waals surface area contributed by atoms with E-state index in [1.807, 2.05) is 30.5 Å². The molecule has 2 aromatic rings. The maximum absolute atomic E-state index is 13.5. The lowest BCUT2D eigenvalue weighted by Gasteiger charge is -2.42. The molecular weight excluding hydrogens is 430 g/mol. The lowest BCUT2D eigenvalue weighted by molar-refractivity contribution is -0.118. The fourth-order valence-corrected chi connectivity index (χ4v) is 5.62. The van der Waals surface area contributed by atoms with Crippen molar-refractivity contribution < 1.29 is 9.53 Å². The van der Waals surface area contributed by atoms with Crippen LogP contribution in [0.3, 0.4) is 0 Å². The Hall–Kier alpha value is -2.83. The van der Waals surface area contributed by atoms with Crippen LogP contribution in [0, 0.1) is 16.7 Å². The molecule has 4 rings (SSSR count). The van der Waals surface area contributed by atoms with Crippen molar-refractivity contribution in [2.24, 2.45) is 11.1 Å². The van der Waals surface area contributed by atoms with E-state index >= 15 is 0 Å². The molecule has 0 radical (unpaired) electrons. The number of carbonyl (C=O) groups is 1. The summed E-state index contributed by atoms with van der Waals surface area (Å²) in [6.07, 6.45) is 2.96. The smallest absolute Gasteiger partial charge is 0.219 e. The Kier molecular flexibility index (Phi) is 5.54. The fourth-order valence-electron chi connectivity index (χ4n) is 4.32. The zero-order chi connectivity index (χ0) is 22.3. The van der Waals surface area contributed by atoms with Crippen LogP contribution in [0.2, 0.25) is 0 Å². The Morgan fingerprint density at radius 1 is 1.32 bits per heavy atom. The molecule has 2 heterocycles. The molecule has 2 N–H and O–H groups in total. The van der Waals surface area contributed by atoms with Gasteiger partial charge < -0.3 is 10.5 Å². The van der Waals surface area contributed by atoms with Crippen LogP contribution in [0.15, 0.2) is 51.3 Å². The quantitative estimate of drug-likeness (QED) is 0.687. The molecule has 31 heavy (non-hydrogen) atoms. The van der Waals surface area contributed by atoms with Crippen molar-refractivity contribution in [3.63, 3.8) is 0 Å². The Labute approximate surface area is 189 Å². The van der Waals surface area contributed by atoms with E-state index in [4.69, 9.17) is 10.5 Å². The zero-order valence-corrected chi connectivity index (χ0v) is 19.4. The van der Waals surface area contributed by atoms with Crippen molar-refractivity contribution in [2.75, 3.05) is 18.3 Å². The average Bonchev–Trinajstić information content (AvgIpc) is 3.20. The Morgan fingerprint density at radius 2 is 2.06 bits per heavy atom. The highest BCUT2D eigenvalue weighted by Gasteiger charge is 2.46. The largest absolute Gasteiger partial charge is 0.496 e. The predicted octanol–water partition coefficient (Wildman–Crippen LogP) is 4.21. The second-order valence-electron chi connectivity index (χ2n) is 8.28. The van der Waals surface area contributed by atoms with Gasteiger partial charge in [0.15, 0.2) is 10.1 Å². The summed E-state index contributed by atoms with van der Waals surface area (Å²) in [6, 6.07) is 9.73. The van der Waals surface area contributed by atoms with Gasteiger partial charge in [0, 0.05) is 23.3 Å². The standard InChI is InChI=1S/C22H23N5O2S2/c1-22(2)9-14-18(15(28)10-22)17(12-7-5-6-8-16(12)29-3)13(11-23)19(24)27(14)20-25-26-21(30-4)31-20/h5-8,17H,9-10,24H2,1-4H3. The molecule has 0 fully saturated rings. The van der Waals surface area contributed by atoms with Crippen LogP contribution in [0.4, 0.5) is 5.13 Å². The third-order valence-corrected chi connectivity index (χ3v) is 7.48. The molecule has 0 saturated carbocycles. The van der Waals surface area contributed by atoms with Gasteiger partial charge in [-0.3, -0.25) is 9.69 Å². The maximum atomic E-state index is 13.5. The van der Waals surface area contributed by atoms with E-state index in [0.29, 0.717) is 34.9 Å². The molecule has 1 aromatic heterocycles. The molecule has 0 amide bonds. The first kappa shape index (κ1) is 21.4. The molecule has 160 valence electrons. The summed E-state index contributed by atoms with van der Waals surface area (Å²) < 4.78 is 6.36. The first-order chi connectivity index (χ1) is 14.8. The van der Waals surface area contributed by atoms with E-state index < -0.39 is 5.92 Å². The molecular formula is C22H23N5O2S2. The van der Waals surface area contributed by atoms with E-state index in [1.54, 1.807) is 12.0 Å². The lowest BCUT2D eigenvalue weighted by atomic mass is 9.68. The third kappa shape index (κ3) is 3.60. The highest BCUT2D eigenvalue weighted by Crippen LogP contribution is 2.51. The minimum absolute atomic E-state index is 0.0158. The van der Waals surface area contributed by atoms with E-state index in [1.165, 1.54) is 23.1 Å². The van der Waals surface area contributed by atoms with Crippen LogP contribution in [-0.4, -0.2) is 29.3 Å².